The van der Waals surface area contributed by atoms with Gasteiger partial charge in [0.1, 0.15) is 0 Å². The van der Waals surface area contributed by atoms with Crippen LogP contribution in [-0.2, 0) is 0 Å². The Labute approximate surface area is 120 Å². The van der Waals surface area contributed by atoms with Crippen molar-refractivity contribution in [1.29, 1.82) is 0 Å². The van der Waals surface area contributed by atoms with Crippen molar-refractivity contribution in [3.8, 4) is 0 Å². The molecule has 0 aromatic rings. The van der Waals surface area contributed by atoms with Crippen LogP contribution in [0.15, 0.2) is 0 Å². The summed E-state index contributed by atoms with van der Waals surface area (Å²) in [5, 5.41) is 3.63. The predicted molar refractivity (Wildman–Crippen MR) is 84.7 cm³/mol. The molecule has 1 rings (SSSR count). The molecular weight excluding hydrogens is 234 g/mol. The molecule has 0 saturated carbocycles. The fraction of sp³-hybridized carbons (Fsp3) is 1.00. The zero-order chi connectivity index (χ0) is 14.5. The van der Waals surface area contributed by atoms with Crippen molar-refractivity contribution in [2.75, 3.05) is 40.3 Å². The van der Waals surface area contributed by atoms with Gasteiger partial charge in [-0.05, 0) is 45.3 Å². The van der Waals surface area contributed by atoms with Crippen LogP contribution in [0.25, 0.3) is 0 Å². The minimum atomic E-state index is 0.402. The second-order valence-corrected chi connectivity index (χ2v) is 7.23. The zero-order valence-corrected chi connectivity index (χ0v) is 14.0. The molecule has 0 spiro atoms. The van der Waals surface area contributed by atoms with Gasteiger partial charge >= 0.3 is 0 Å². The van der Waals surface area contributed by atoms with Crippen LogP contribution in [0.2, 0.25) is 0 Å². The van der Waals surface area contributed by atoms with Crippen molar-refractivity contribution in [1.82, 2.24) is 15.1 Å². The van der Waals surface area contributed by atoms with Gasteiger partial charge in [-0.2, -0.15) is 0 Å². The highest BCUT2D eigenvalue weighted by atomic mass is 15.2. The number of likely N-dealkylation sites (tertiary alicyclic amines) is 1. The Morgan fingerprint density at radius 3 is 2.58 bits per heavy atom. The van der Waals surface area contributed by atoms with Crippen molar-refractivity contribution in [2.24, 2.45) is 5.41 Å². The van der Waals surface area contributed by atoms with Crippen molar-refractivity contribution in [2.45, 2.75) is 59.0 Å². The molecular formula is C16H35N3. The molecule has 1 saturated heterocycles. The van der Waals surface area contributed by atoms with E-state index in [4.69, 9.17) is 0 Å². The Hall–Kier alpha value is -0.120. The molecule has 0 radical (unpaired) electrons. The van der Waals surface area contributed by atoms with E-state index in [1.54, 1.807) is 0 Å². The quantitative estimate of drug-likeness (QED) is 0.730. The van der Waals surface area contributed by atoms with Gasteiger partial charge in [0.15, 0.2) is 0 Å². The molecule has 2 unspecified atom stereocenters. The maximum Gasteiger partial charge on any atom is 0.0223 e. The molecule has 0 amide bonds. The van der Waals surface area contributed by atoms with Crippen LogP contribution in [0.4, 0.5) is 0 Å². The van der Waals surface area contributed by atoms with Crippen molar-refractivity contribution < 1.29 is 0 Å². The lowest BCUT2D eigenvalue weighted by Gasteiger charge is -2.37. The summed E-state index contributed by atoms with van der Waals surface area (Å²) in [5.74, 6) is 0. The topological polar surface area (TPSA) is 18.5 Å². The summed E-state index contributed by atoms with van der Waals surface area (Å²) in [7, 11) is 4.38. The number of rotatable bonds is 8. The molecule has 1 aliphatic heterocycles. The lowest BCUT2D eigenvalue weighted by molar-refractivity contribution is 0.127. The number of nitrogens with one attached hydrogen (secondary N) is 1. The normalized spacial score (nSPS) is 24.3. The summed E-state index contributed by atoms with van der Waals surface area (Å²) in [6.45, 7) is 14.1. The fourth-order valence-electron chi connectivity index (χ4n) is 2.97. The first-order chi connectivity index (χ1) is 8.86. The highest BCUT2D eigenvalue weighted by Crippen LogP contribution is 2.27. The molecule has 3 nitrogen and oxygen atoms in total. The lowest BCUT2D eigenvalue weighted by atomic mass is 9.86. The summed E-state index contributed by atoms with van der Waals surface area (Å²) in [6.07, 6.45) is 3.99. The van der Waals surface area contributed by atoms with Crippen LogP contribution in [0.1, 0.15) is 47.0 Å². The maximum absolute atomic E-state index is 3.63. The van der Waals surface area contributed by atoms with Gasteiger partial charge in [-0.15, -0.1) is 0 Å². The van der Waals surface area contributed by atoms with E-state index >= 15 is 0 Å². The number of hydrogen-bond acceptors (Lipinski definition) is 3. The summed E-state index contributed by atoms with van der Waals surface area (Å²) in [5.41, 5.74) is 0.402. The van der Waals surface area contributed by atoms with E-state index in [1.165, 1.54) is 38.9 Å². The molecule has 1 fully saturated rings. The second kappa shape index (κ2) is 7.61. The monoisotopic (exact) mass is 269 g/mol. The number of nitrogens with zero attached hydrogens (tertiary/aromatic N) is 2. The Morgan fingerprint density at radius 1 is 1.37 bits per heavy atom. The van der Waals surface area contributed by atoms with Crippen molar-refractivity contribution >= 4 is 0 Å². The largest absolute Gasteiger partial charge is 0.314 e. The first-order valence-electron chi connectivity index (χ1n) is 7.98. The molecule has 1 heterocycles. The highest BCUT2D eigenvalue weighted by Gasteiger charge is 2.31. The van der Waals surface area contributed by atoms with Crippen LogP contribution in [0.3, 0.4) is 0 Å². The van der Waals surface area contributed by atoms with Gasteiger partial charge in [-0.3, -0.25) is 4.90 Å². The standard InChI is InChI=1S/C16H35N3/c1-7-16(4,12-17-14(2)3)13-19-10-8-9-15(19)11-18(5)6/h14-15,17H,7-13H2,1-6H3. The Morgan fingerprint density at radius 2 is 2.05 bits per heavy atom. The van der Waals surface area contributed by atoms with Gasteiger partial charge in [-0.1, -0.05) is 27.7 Å². The molecule has 1 N–H and O–H groups in total. The molecule has 2 atom stereocenters. The minimum absolute atomic E-state index is 0.402. The van der Waals surface area contributed by atoms with Gasteiger partial charge < -0.3 is 10.2 Å². The molecule has 114 valence electrons. The molecule has 0 bridgehead atoms. The first kappa shape index (κ1) is 16.9. The SMILES string of the molecule is CCC(C)(CNC(C)C)CN1CCCC1CN(C)C. The van der Waals surface area contributed by atoms with Crippen molar-refractivity contribution in [3.63, 3.8) is 0 Å². The van der Waals surface area contributed by atoms with Crippen LogP contribution in [0, 0.1) is 5.41 Å². The molecule has 0 aromatic carbocycles. The number of likely N-dealkylation sites (N-methyl/N-ethyl adjacent to an activating group) is 1. The van der Waals surface area contributed by atoms with Gasteiger partial charge in [0.05, 0.1) is 0 Å². The van der Waals surface area contributed by atoms with E-state index in [0.29, 0.717) is 11.5 Å². The Balaban J connectivity index is 2.53. The first-order valence-corrected chi connectivity index (χ1v) is 7.98. The van der Waals surface area contributed by atoms with E-state index in [9.17, 15) is 0 Å². The zero-order valence-electron chi connectivity index (χ0n) is 14.0. The Kier molecular flexibility index (Phi) is 6.78. The number of hydrogen-bond donors (Lipinski definition) is 1. The maximum atomic E-state index is 3.63. The highest BCUT2D eigenvalue weighted by molar-refractivity contribution is 4.87. The molecule has 3 heteroatoms. The van der Waals surface area contributed by atoms with E-state index in [1.807, 2.05) is 0 Å². The average molecular weight is 269 g/mol. The summed E-state index contributed by atoms with van der Waals surface area (Å²) in [4.78, 5) is 5.06. The van der Waals surface area contributed by atoms with Gasteiger partial charge in [0, 0.05) is 31.7 Å². The summed E-state index contributed by atoms with van der Waals surface area (Å²) in [6, 6.07) is 1.35. The van der Waals surface area contributed by atoms with E-state index < -0.39 is 0 Å². The van der Waals surface area contributed by atoms with Crippen LogP contribution < -0.4 is 5.32 Å². The summed E-state index contributed by atoms with van der Waals surface area (Å²) < 4.78 is 0. The summed E-state index contributed by atoms with van der Waals surface area (Å²) >= 11 is 0. The molecule has 0 aromatic heterocycles. The van der Waals surface area contributed by atoms with E-state index in [2.05, 4.69) is 56.9 Å². The average Bonchev–Trinajstić information content (AvgIpc) is 2.73. The smallest absolute Gasteiger partial charge is 0.0223 e. The van der Waals surface area contributed by atoms with Crippen LogP contribution in [0.5, 0.6) is 0 Å². The molecule has 19 heavy (non-hydrogen) atoms. The molecule has 1 aliphatic rings. The third-order valence-corrected chi connectivity index (χ3v) is 4.45. The fourth-order valence-corrected chi connectivity index (χ4v) is 2.97. The third kappa shape index (κ3) is 5.80. The predicted octanol–water partition coefficient (Wildman–Crippen LogP) is 2.43. The molecule has 0 aliphatic carbocycles. The second-order valence-electron chi connectivity index (χ2n) is 7.23. The third-order valence-electron chi connectivity index (χ3n) is 4.45. The van der Waals surface area contributed by atoms with Gasteiger partial charge in [-0.25, -0.2) is 0 Å². The van der Waals surface area contributed by atoms with E-state index in [0.717, 1.165) is 12.6 Å². The lowest BCUT2D eigenvalue weighted by Crippen LogP contribution is -2.47. The van der Waals surface area contributed by atoms with Crippen molar-refractivity contribution in [3.05, 3.63) is 0 Å². The Bertz CT molecular complexity index is 252. The van der Waals surface area contributed by atoms with Crippen LogP contribution >= 0.6 is 0 Å². The van der Waals surface area contributed by atoms with Gasteiger partial charge in [0.25, 0.3) is 0 Å². The van der Waals surface area contributed by atoms with Gasteiger partial charge in [0.2, 0.25) is 0 Å². The van der Waals surface area contributed by atoms with Crippen LogP contribution in [-0.4, -0.2) is 62.2 Å². The minimum Gasteiger partial charge on any atom is -0.314 e. The van der Waals surface area contributed by atoms with E-state index in [-0.39, 0.29) is 0 Å².